The smallest absolute Gasteiger partial charge is 0.337 e. The summed E-state index contributed by atoms with van der Waals surface area (Å²) in [7, 11) is 1.33. The summed E-state index contributed by atoms with van der Waals surface area (Å²) in [5, 5.41) is 0.594. The molecule has 0 aliphatic carbocycles. The second-order valence-corrected chi connectivity index (χ2v) is 7.23. The number of hydrogen-bond acceptors (Lipinski definition) is 4. The van der Waals surface area contributed by atoms with Gasteiger partial charge >= 0.3 is 5.97 Å². The minimum Gasteiger partial charge on any atom is -0.465 e. The quantitative estimate of drug-likeness (QED) is 0.595. The van der Waals surface area contributed by atoms with Crippen molar-refractivity contribution < 1.29 is 18.7 Å². The zero-order valence-electron chi connectivity index (χ0n) is 17.1. The van der Waals surface area contributed by atoms with Crippen molar-refractivity contribution in [2.24, 2.45) is 0 Å². The average molecular weight is 394 g/mol. The van der Waals surface area contributed by atoms with Gasteiger partial charge in [0.2, 0.25) is 0 Å². The monoisotopic (exact) mass is 394 g/mol. The van der Waals surface area contributed by atoms with Crippen LogP contribution in [0.5, 0.6) is 0 Å². The maximum atomic E-state index is 13.7. The van der Waals surface area contributed by atoms with Crippen molar-refractivity contribution in [3.05, 3.63) is 70.7 Å². The molecule has 3 rings (SSSR count). The van der Waals surface area contributed by atoms with E-state index in [1.807, 2.05) is 20.8 Å². The Balaban J connectivity index is 2.13. The molecule has 0 aliphatic heterocycles. The number of aromatic nitrogens is 1. The van der Waals surface area contributed by atoms with Crippen LogP contribution >= 0.6 is 0 Å². The molecule has 1 amide bonds. The van der Waals surface area contributed by atoms with Crippen molar-refractivity contribution in [3.8, 4) is 0 Å². The number of halogens is 1. The number of hydrogen-bond donors (Lipinski definition) is 0. The molecule has 29 heavy (non-hydrogen) atoms. The number of pyridine rings is 1. The number of ether oxygens (including phenoxy) is 1. The van der Waals surface area contributed by atoms with E-state index < -0.39 is 11.8 Å². The maximum absolute atomic E-state index is 13.7. The molecular weight excluding hydrogens is 371 g/mol. The minimum absolute atomic E-state index is 0.144. The van der Waals surface area contributed by atoms with Crippen molar-refractivity contribution in [2.45, 2.75) is 33.7 Å². The first-order valence-corrected chi connectivity index (χ1v) is 9.32. The van der Waals surface area contributed by atoms with Gasteiger partial charge in [-0.15, -0.1) is 0 Å². The number of fused-ring (bicyclic) bond motifs is 1. The lowest BCUT2D eigenvalue weighted by atomic mass is 10.0. The van der Waals surface area contributed by atoms with Crippen molar-refractivity contribution >= 4 is 28.5 Å². The molecule has 150 valence electrons. The van der Waals surface area contributed by atoms with Crippen LogP contribution in [0.25, 0.3) is 10.9 Å². The number of benzene rings is 2. The molecule has 2 aromatic carbocycles. The number of anilines is 1. The second-order valence-electron chi connectivity index (χ2n) is 7.23. The van der Waals surface area contributed by atoms with E-state index in [-0.39, 0.29) is 11.9 Å². The van der Waals surface area contributed by atoms with Gasteiger partial charge < -0.3 is 9.64 Å². The fourth-order valence-electron chi connectivity index (χ4n) is 3.43. The first-order valence-electron chi connectivity index (χ1n) is 9.32. The Bertz CT molecular complexity index is 1100. The summed E-state index contributed by atoms with van der Waals surface area (Å²) in [6.45, 7) is 7.45. The third-order valence-electron chi connectivity index (χ3n) is 4.74. The van der Waals surface area contributed by atoms with Crippen LogP contribution in [0.3, 0.4) is 0 Å². The summed E-state index contributed by atoms with van der Waals surface area (Å²) in [4.78, 5) is 31.4. The maximum Gasteiger partial charge on any atom is 0.337 e. The summed E-state index contributed by atoms with van der Waals surface area (Å²) >= 11 is 0. The van der Waals surface area contributed by atoms with Gasteiger partial charge in [-0.1, -0.05) is 0 Å². The number of amides is 1. The Kier molecular flexibility index (Phi) is 5.64. The number of carbonyl (C=O) groups excluding carboxylic acids is 2. The molecule has 0 atom stereocenters. The Hall–Kier alpha value is -3.28. The average Bonchev–Trinajstić information content (AvgIpc) is 2.67. The molecule has 1 heterocycles. The zero-order valence-corrected chi connectivity index (χ0v) is 17.1. The van der Waals surface area contributed by atoms with E-state index in [1.54, 1.807) is 42.2 Å². The molecule has 0 bridgehead atoms. The molecule has 0 unspecified atom stereocenters. The second kappa shape index (κ2) is 7.99. The Morgan fingerprint density at radius 3 is 2.41 bits per heavy atom. The van der Waals surface area contributed by atoms with E-state index in [0.29, 0.717) is 33.4 Å². The topological polar surface area (TPSA) is 59.5 Å². The zero-order chi connectivity index (χ0) is 21.3. The number of rotatable bonds is 4. The highest BCUT2D eigenvalue weighted by Gasteiger charge is 2.25. The fourth-order valence-corrected chi connectivity index (χ4v) is 3.43. The van der Waals surface area contributed by atoms with Crippen molar-refractivity contribution in [1.29, 1.82) is 0 Å². The number of methoxy groups -OCH3 is 1. The minimum atomic E-state index is -0.431. The van der Waals surface area contributed by atoms with Gasteiger partial charge in [0.05, 0.1) is 23.8 Å². The highest BCUT2D eigenvalue weighted by molar-refractivity contribution is 6.14. The summed E-state index contributed by atoms with van der Waals surface area (Å²) < 4.78 is 18.4. The molecule has 0 aliphatic rings. The predicted octanol–water partition coefficient (Wildman–Crippen LogP) is 4.83. The summed E-state index contributed by atoms with van der Waals surface area (Å²) in [5.74, 6) is -1.04. The highest BCUT2D eigenvalue weighted by Crippen LogP contribution is 2.28. The lowest BCUT2D eigenvalue weighted by Gasteiger charge is -2.29. The van der Waals surface area contributed by atoms with Crippen LogP contribution < -0.4 is 4.90 Å². The van der Waals surface area contributed by atoms with Crippen LogP contribution in [0, 0.1) is 19.7 Å². The van der Waals surface area contributed by atoms with Gasteiger partial charge in [-0.2, -0.15) is 0 Å². The third kappa shape index (κ3) is 3.97. The number of nitrogens with zero attached hydrogens (tertiary/aromatic N) is 2. The molecule has 5 nitrogen and oxygen atoms in total. The van der Waals surface area contributed by atoms with Crippen LogP contribution in [-0.4, -0.2) is 30.0 Å². The largest absolute Gasteiger partial charge is 0.465 e. The lowest BCUT2D eigenvalue weighted by molar-refractivity contribution is 0.0600. The van der Waals surface area contributed by atoms with Crippen molar-refractivity contribution in [3.63, 3.8) is 0 Å². The molecule has 0 saturated heterocycles. The summed E-state index contributed by atoms with van der Waals surface area (Å²) in [5.41, 5.74) is 3.42. The molecule has 3 aromatic rings. The molecule has 0 radical (unpaired) electrons. The van der Waals surface area contributed by atoms with Gasteiger partial charge in [-0.3, -0.25) is 9.78 Å². The van der Waals surface area contributed by atoms with Gasteiger partial charge in [0.1, 0.15) is 5.82 Å². The van der Waals surface area contributed by atoms with Gasteiger partial charge in [-0.05, 0) is 69.7 Å². The molecular formula is C23H23FN2O3. The Morgan fingerprint density at radius 2 is 1.79 bits per heavy atom. The first kappa shape index (κ1) is 20.5. The third-order valence-corrected chi connectivity index (χ3v) is 4.74. The Morgan fingerprint density at radius 1 is 1.07 bits per heavy atom. The highest BCUT2D eigenvalue weighted by atomic mass is 19.1. The summed E-state index contributed by atoms with van der Waals surface area (Å²) in [6, 6.07) is 10.9. The fraction of sp³-hybridized carbons (Fsp3) is 0.261. The van der Waals surface area contributed by atoms with Gasteiger partial charge in [0.25, 0.3) is 5.91 Å². The van der Waals surface area contributed by atoms with E-state index in [4.69, 9.17) is 4.74 Å². The van der Waals surface area contributed by atoms with Gasteiger partial charge in [0, 0.05) is 28.9 Å². The van der Waals surface area contributed by atoms with E-state index in [9.17, 15) is 14.0 Å². The first-order chi connectivity index (χ1) is 13.7. The van der Waals surface area contributed by atoms with E-state index in [1.165, 1.54) is 19.2 Å². The molecule has 0 N–H and O–H groups in total. The standard InChI is InChI=1S/C23H23FN2O3/c1-13(2)26(21-9-6-16(10-14(21)3)23(28)29-5)22(27)19-11-15(4)25-20-12-17(24)7-8-18(19)20/h6-13H,1-5H3. The van der Waals surface area contributed by atoms with E-state index in [2.05, 4.69) is 4.98 Å². The summed E-state index contributed by atoms with van der Waals surface area (Å²) in [6.07, 6.45) is 0. The van der Waals surface area contributed by atoms with Crippen LogP contribution in [0.2, 0.25) is 0 Å². The molecule has 0 spiro atoms. The van der Waals surface area contributed by atoms with E-state index in [0.717, 1.165) is 5.56 Å². The molecule has 0 fully saturated rings. The van der Waals surface area contributed by atoms with Crippen molar-refractivity contribution in [2.75, 3.05) is 12.0 Å². The lowest BCUT2D eigenvalue weighted by Crippen LogP contribution is -2.37. The molecule has 1 aromatic heterocycles. The number of esters is 1. The normalized spacial score (nSPS) is 11.0. The number of aryl methyl sites for hydroxylation is 2. The molecule has 0 saturated carbocycles. The van der Waals surface area contributed by atoms with Crippen LogP contribution in [0.15, 0.2) is 42.5 Å². The SMILES string of the molecule is COC(=O)c1ccc(N(C(=O)c2cc(C)nc3cc(F)ccc23)C(C)C)c(C)c1. The Labute approximate surface area is 169 Å². The van der Waals surface area contributed by atoms with Gasteiger partial charge in [0.15, 0.2) is 0 Å². The van der Waals surface area contributed by atoms with Crippen LogP contribution in [0.4, 0.5) is 10.1 Å². The number of carbonyl (C=O) groups is 2. The van der Waals surface area contributed by atoms with Crippen LogP contribution in [0.1, 0.15) is 45.8 Å². The van der Waals surface area contributed by atoms with Crippen LogP contribution in [-0.2, 0) is 4.74 Å². The van der Waals surface area contributed by atoms with Gasteiger partial charge in [-0.25, -0.2) is 9.18 Å². The van der Waals surface area contributed by atoms with Crippen molar-refractivity contribution in [1.82, 2.24) is 4.98 Å². The van der Waals surface area contributed by atoms with E-state index >= 15 is 0 Å². The predicted molar refractivity (Wildman–Crippen MR) is 111 cm³/mol. The molecule has 6 heteroatoms.